The molecule has 2 aromatic heterocycles. The van der Waals surface area contributed by atoms with E-state index < -0.39 is 69.7 Å². The average Bonchev–Trinajstić information content (AvgIpc) is 3.63. The van der Waals surface area contributed by atoms with Gasteiger partial charge in [-0.1, -0.05) is 104 Å². The minimum atomic E-state index is -1.93. The number of ether oxygens (including phenoxy) is 2. The highest BCUT2D eigenvalue weighted by molar-refractivity contribution is 6.04. The number of nitriles is 1. The minimum absolute atomic E-state index is 0.108. The Hall–Kier alpha value is -4.44. The zero-order chi connectivity index (χ0) is 44.0. The smallest absolute Gasteiger partial charge is 0.306 e. The van der Waals surface area contributed by atoms with Crippen molar-refractivity contribution in [2.45, 2.75) is 155 Å². The van der Waals surface area contributed by atoms with E-state index in [1.165, 1.54) is 51.9 Å². The summed E-state index contributed by atoms with van der Waals surface area (Å²) >= 11 is 0. The van der Waals surface area contributed by atoms with Gasteiger partial charge in [0.2, 0.25) is 0 Å². The van der Waals surface area contributed by atoms with Crippen molar-refractivity contribution in [2.75, 3.05) is 6.61 Å². The SMILES string of the molecule is CCCCCCCCCCCCCC(=O)O[C@@H]1[C@@H](C)[C@@]2(O)[C@@H](C=C(CO)C[C@]3(O)C(=O)C(C)=C[C@@H]23)[C@@H]2C(C)(C)[C@]12OC(C)=O.Cc1[nH]c(=O)c(C#N)cc1-c1ccncc1. The number of aromatic amines is 1. The molecule has 0 bridgehead atoms. The first-order valence-corrected chi connectivity index (χ1v) is 21.9. The molecule has 0 aromatic carbocycles. The number of hydrogen-bond donors (Lipinski definition) is 4. The molecular formula is C48H65N3O9. The van der Waals surface area contributed by atoms with E-state index in [-0.39, 0.29) is 30.6 Å². The third kappa shape index (κ3) is 8.81. The molecule has 0 spiro atoms. The van der Waals surface area contributed by atoms with E-state index in [1.54, 1.807) is 51.4 Å². The molecule has 4 N–H and O–H groups in total. The number of nitrogens with zero attached hydrogens (tertiary/aromatic N) is 2. The van der Waals surface area contributed by atoms with E-state index in [1.807, 2.05) is 32.0 Å². The molecule has 2 saturated carbocycles. The number of aliphatic hydroxyl groups is 3. The van der Waals surface area contributed by atoms with Crippen LogP contribution in [0.15, 0.2) is 58.7 Å². The molecule has 60 heavy (non-hydrogen) atoms. The maximum atomic E-state index is 13.3. The number of ketones is 1. The fraction of sp³-hybridized carbons (Fsp3) is 0.625. The van der Waals surface area contributed by atoms with Crippen LogP contribution in [0, 0.1) is 47.3 Å². The first-order valence-electron chi connectivity index (χ1n) is 21.9. The van der Waals surface area contributed by atoms with Crippen LogP contribution in [0.25, 0.3) is 11.1 Å². The maximum Gasteiger partial charge on any atom is 0.306 e. The number of esters is 2. The van der Waals surface area contributed by atoms with Crippen molar-refractivity contribution < 1.29 is 39.2 Å². The van der Waals surface area contributed by atoms with Gasteiger partial charge in [-0.15, -0.1) is 0 Å². The molecule has 4 aliphatic carbocycles. The Balaban J connectivity index is 0.000000355. The highest BCUT2D eigenvalue weighted by Crippen LogP contribution is 2.77. The van der Waals surface area contributed by atoms with E-state index in [0.29, 0.717) is 17.6 Å². The summed E-state index contributed by atoms with van der Waals surface area (Å²) in [7, 11) is 0. The van der Waals surface area contributed by atoms with Crippen molar-refractivity contribution in [2.24, 2.45) is 29.1 Å². The monoisotopic (exact) mass is 827 g/mol. The molecule has 2 fully saturated rings. The molecule has 4 aliphatic rings. The van der Waals surface area contributed by atoms with E-state index >= 15 is 0 Å². The number of aryl methyl sites for hydroxylation is 1. The van der Waals surface area contributed by atoms with Crippen molar-refractivity contribution in [3.8, 4) is 17.2 Å². The topological polar surface area (TPSA) is 200 Å². The van der Waals surface area contributed by atoms with Gasteiger partial charge in [-0.05, 0) is 55.2 Å². The third-order valence-corrected chi connectivity index (χ3v) is 13.9. The largest absolute Gasteiger partial charge is 0.458 e. The predicted molar refractivity (Wildman–Crippen MR) is 227 cm³/mol. The Labute approximate surface area is 354 Å². The lowest BCUT2D eigenvalue weighted by Gasteiger charge is -2.53. The number of carbonyl (C=O) groups is 3. The van der Waals surface area contributed by atoms with Crippen LogP contribution in [0.5, 0.6) is 0 Å². The summed E-state index contributed by atoms with van der Waals surface area (Å²) in [6, 6.07) is 7.14. The number of H-pyrrole nitrogens is 1. The lowest BCUT2D eigenvalue weighted by Crippen LogP contribution is -2.66. The molecule has 12 nitrogen and oxygen atoms in total. The number of rotatable bonds is 16. The van der Waals surface area contributed by atoms with Crippen LogP contribution in [0.2, 0.25) is 0 Å². The van der Waals surface area contributed by atoms with Gasteiger partial charge in [0.1, 0.15) is 23.3 Å². The lowest BCUT2D eigenvalue weighted by molar-refractivity contribution is -0.228. The Morgan fingerprint density at radius 2 is 1.57 bits per heavy atom. The zero-order valence-corrected chi connectivity index (χ0v) is 36.5. The molecule has 2 heterocycles. The standard InChI is InChI=1S/C36H56O8.C12H9N3O/c1-7-8-9-10-11-12-13-14-15-16-17-18-29(39)43-32-24(3)35(42)27(30-33(5,6)36(30,32)44-25(4)38)20-26(22-37)21-34(41)28(35)19-23(2)31(34)40;1-8-11(9-2-4-14-5-3-9)6-10(7-13)12(16)15-8/h19-20,24,27-28,30,32,37,41-42H,7-18,21-22H2,1-6H3;2-6H,1H3,(H,15,16)/t24-,27+,28-,30-,32-,34-,35-,36-;/m1./s1. The van der Waals surface area contributed by atoms with Crippen LogP contribution >= 0.6 is 0 Å². The first-order chi connectivity index (χ1) is 28.4. The quantitative estimate of drug-likeness (QED) is 0.0748. The zero-order valence-electron chi connectivity index (χ0n) is 36.5. The minimum Gasteiger partial charge on any atom is -0.458 e. The van der Waals surface area contributed by atoms with Crippen LogP contribution in [0.1, 0.15) is 136 Å². The number of pyridine rings is 2. The molecule has 0 saturated heterocycles. The number of carbonyl (C=O) groups excluding carboxylic acids is 3. The second-order valence-electron chi connectivity index (χ2n) is 18.1. The number of unbranched alkanes of at least 4 members (excludes halogenated alkanes) is 10. The number of nitrogens with one attached hydrogen (secondary N) is 1. The fourth-order valence-electron chi connectivity index (χ4n) is 10.7. The molecule has 0 radical (unpaired) electrons. The third-order valence-electron chi connectivity index (χ3n) is 13.9. The van der Waals surface area contributed by atoms with Crippen LogP contribution in [0.3, 0.4) is 0 Å². The highest BCUT2D eigenvalue weighted by atomic mass is 16.6. The summed E-state index contributed by atoms with van der Waals surface area (Å²) < 4.78 is 12.3. The summed E-state index contributed by atoms with van der Waals surface area (Å²) in [5, 5.41) is 43.6. The molecule has 0 aliphatic heterocycles. The van der Waals surface area contributed by atoms with Gasteiger partial charge in [0.25, 0.3) is 5.56 Å². The summed E-state index contributed by atoms with van der Waals surface area (Å²) in [6.45, 7) is 12.2. The number of aromatic nitrogens is 2. The number of fused-ring (bicyclic) bond motifs is 5. The fourth-order valence-corrected chi connectivity index (χ4v) is 10.7. The second-order valence-corrected chi connectivity index (χ2v) is 18.1. The number of hydrogen-bond acceptors (Lipinski definition) is 11. The second kappa shape index (κ2) is 19.1. The van der Waals surface area contributed by atoms with E-state index in [0.717, 1.165) is 36.1 Å². The van der Waals surface area contributed by atoms with Gasteiger partial charge in [0, 0.05) is 72.5 Å². The van der Waals surface area contributed by atoms with Crippen molar-refractivity contribution in [3.05, 3.63) is 75.5 Å². The molecule has 0 amide bonds. The van der Waals surface area contributed by atoms with Crippen molar-refractivity contribution in [1.29, 1.82) is 5.26 Å². The van der Waals surface area contributed by atoms with Crippen LogP contribution in [0.4, 0.5) is 0 Å². The van der Waals surface area contributed by atoms with Crippen LogP contribution < -0.4 is 5.56 Å². The van der Waals surface area contributed by atoms with Crippen LogP contribution in [-0.2, 0) is 23.9 Å². The Bertz CT molecular complexity index is 2050. The Morgan fingerprint density at radius 1 is 0.967 bits per heavy atom. The first kappa shape index (κ1) is 46.6. The summed E-state index contributed by atoms with van der Waals surface area (Å²) in [6.07, 6.45) is 18.7. The highest BCUT2D eigenvalue weighted by Gasteiger charge is 2.87. The van der Waals surface area contributed by atoms with Gasteiger partial charge in [0.05, 0.1) is 12.2 Å². The maximum absolute atomic E-state index is 13.3. The summed E-state index contributed by atoms with van der Waals surface area (Å²) in [4.78, 5) is 57.1. The predicted octanol–water partition coefficient (Wildman–Crippen LogP) is 7.37. The lowest BCUT2D eigenvalue weighted by atomic mass is 9.59. The van der Waals surface area contributed by atoms with Crippen molar-refractivity contribution in [1.82, 2.24) is 9.97 Å². The molecular weight excluding hydrogens is 763 g/mol. The number of aliphatic hydroxyl groups excluding tert-OH is 1. The molecule has 12 heteroatoms. The molecule has 326 valence electrons. The van der Waals surface area contributed by atoms with Gasteiger partial charge in [0.15, 0.2) is 11.4 Å². The Morgan fingerprint density at radius 3 is 2.13 bits per heavy atom. The Kier molecular flexibility index (Phi) is 14.8. The van der Waals surface area contributed by atoms with E-state index in [2.05, 4.69) is 16.9 Å². The molecule has 0 unspecified atom stereocenters. The van der Waals surface area contributed by atoms with Gasteiger partial charge in [-0.3, -0.25) is 24.2 Å². The van der Waals surface area contributed by atoms with Gasteiger partial charge in [-0.2, -0.15) is 5.26 Å². The van der Waals surface area contributed by atoms with Crippen molar-refractivity contribution >= 4 is 17.7 Å². The molecule has 6 rings (SSSR count). The average molecular weight is 828 g/mol. The van der Waals surface area contributed by atoms with E-state index in [9.17, 15) is 34.5 Å². The van der Waals surface area contributed by atoms with Crippen molar-refractivity contribution in [3.63, 3.8) is 0 Å². The molecule has 2 aromatic rings. The molecule has 8 atom stereocenters. The summed E-state index contributed by atoms with van der Waals surface area (Å²) in [5.41, 5.74) is -2.41. The van der Waals surface area contributed by atoms with Crippen LogP contribution in [-0.4, -0.2) is 72.5 Å². The summed E-state index contributed by atoms with van der Waals surface area (Å²) in [5.74, 6) is -4.29. The normalized spacial score (nSPS) is 29.6. The van der Waals surface area contributed by atoms with Gasteiger partial charge < -0.3 is 29.8 Å². The van der Waals surface area contributed by atoms with Gasteiger partial charge >= 0.3 is 11.9 Å². The van der Waals surface area contributed by atoms with E-state index in [4.69, 9.17) is 14.7 Å². The number of Topliss-reactive ketones (excluding diaryl/α,β-unsaturated/α-hetero) is 1. The van der Waals surface area contributed by atoms with Gasteiger partial charge in [-0.25, -0.2) is 0 Å².